The van der Waals surface area contributed by atoms with Crippen LogP contribution in [0.1, 0.15) is 45.4 Å². The van der Waals surface area contributed by atoms with E-state index in [1.807, 2.05) is 0 Å². The standard InChI is InChI=1S/C14H29NO2S/c1-13(18(2)16)6-10-15-9-4-3-5-14-7-11-17-12-8-14/h13-15H,3-12H2,1-2H3. The van der Waals surface area contributed by atoms with Crippen LogP contribution in [-0.4, -0.2) is 42.0 Å². The number of ether oxygens (including phenoxy) is 1. The average Bonchev–Trinajstić information content (AvgIpc) is 2.38. The van der Waals surface area contributed by atoms with Gasteiger partial charge in [-0.2, -0.15) is 0 Å². The van der Waals surface area contributed by atoms with Gasteiger partial charge in [0.2, 0.25) is 0 Å². The van der Waals surface area contributed by atoms with Gasteiger partial charge in [0.15, 0.2) is 0 Å². The van der Waals surface area contributed by atoms with Crippen molar-refractivity contribution < 1.29 is 8.95 Å². The van der Waals surface area contributed by atoms with E-state index >= 15 is 0 Å². The molecule has 0 radical (unpaired) electrons. The normalized spacial score (nSPS) is 20.8. The van der Waals surface area contributed by atoms with Crippen LogP contribution >= 0.6 is 0 Å². The molecule has 0 aliphatic carbocycles. The summed E-state index contributed by atoms with van der Waals surface area (Å²) in [6.07, 6.45) is 9.27. The molecule has 0 bridgehead atoms. The Kier molecular flexibility index (Phi) is 8.90. The third kappa shape index (κ3) is 7.49. The maximum absolute atomic E-state index is 11.2. The van der Waals surface area contributed by atoms with Crippen LogP contribution in [0.5, 0.6) is 0 Å². The molecule has 2 atom stereocenters. The van der Waals surface area contributed by atoms with Crippen LogP contribution in [0.3, 0.4) is 0 Å². The Morgan fingerprint density at radius 2 is 2.00 bits per heavy atom. The topological polar surface area (TPSA) is 38.3 Å². The van der Waals surface area contributed by atoms with E-state index in [0.29, 0.717) is 5.25 Å². The molecule has 1 aliphatic rings. The summed E-state index contributed by atoms with van der Waals surface area (Å²) in [7, 11) is -0.674. The van der Waals surface area contributed by atoms with E-state index in [2.05, 4.69) is 12.2 Å². The second-order valence-corrected chi connectivity index (χ2v) is 7.20. The van der Waals surface area contributed by atoms with Gasteiger partial charge in [0.1, 0.15) is 0 Å². The molecule has 1 N–H and O–H groups in total. The van der Waals surface area contributed by atoms with Crippen LogP contribution in [-0.2, 0) is 15.5 Å². The molecule has 0 spiro atoms. The van der Waals surface area contributed by atoms with Gasteiger partial charge in [0, 0.05) is 35.5 Å². The molecule has 0 amide bonds. The lowest BCUT2D eigenvalue weighted by atomic mass is 9.94. The van der Waals surface area contributed by atoms with Gasteiger partial charge < -0.3 is 10.1 Å². The Balaban J connectivity index is 1.85. The highest BCUT2D eigenvalue weighted by Crippen LogP contribution is 2.20. The monoisotopic (exact) mass is 275 g/mol. The summed E-state index contributed by atoms with van der Waals surface area (Å²) in [5.74, 6) is 0.904. The molecule has 1 aliphatic heterocycles. The van der Waals surface area contributed by atoms with Gasteiger partial charge in [0.05, 0.1) is 0 Å². The molecule has 2 unspecified atom stereocenters. The van der Waals surface area contributed by atoms with E-state index < -0.39 is 10.8 Å². The van der Waals surface area contributed by atoms with Gasteiger partial charge in [-0.05, 0) is 44.7 Å². The molecule has 1 saturated heterocycles. The molecule has 3 nitrogen and oxygen atoms in total. The van der Waals surface area contributed by atoms with Crippen LogP contribution in [0.15, 0.2) is 0 Å². The van der Waals surface area contributed by atoms with E-state index in [9.17, 15) is 4.21 Å². The predicted octanol–water partition coefficient (Wildman–Crippen LogP) is 2.33. The predicted molar refractivity (Wildman–Crippen MR) is 78.4 cm³/mol. The van der Waals surface area contributed by atoms with Gasteiger partial charge in [-0.3, -0.25) is 4.21 Å². The second-order valence-electron chi connectivity index (χ2n) is 5.40. The Morgan fingerprint density at radius 1 is 1.28 bits per heavy atom. The number of unbranched alkanes of at least 4 members (excludes halogenated alkanes) is 1. The average molecular weight is 275 g/mol. The lowest BCUT2D eigenvalue weighted by molar-refractivity contribution is 0.0632. The Labute approximate surface area is 115 Å². The molecule has 108 valence electrons. The highest BCUT2D eigenvalue weighted by atomic mass is 32.2. The molecule has 0 saturated carbocycles. The zero-order valence-corrected chi connectivity index (χ0v) is 12.8. The van der Waals surface area contributed by atoms with Crippen molar-refractivity contribution in [2.75, 3.05) is 32.6 Å². The summed E-state index contributed by atoms with van der Waals surface area (Å²) >= 11 is 0. The van der Waals surface area contributed by atoms with Crippen molar-refractivity contribution in [3.63, 3.8) is 0 Å². The first-order chi connectivity index (χ1) is 8.70. The van der Waals surface area contributed by atoms with Gasteiger partial charge in [-0.25, -0.2) is 0 Å². The molecule has 0 aromatic carbocycles. The van der Waals surface area contributed by atoms with E-state index in [1.165, 1.54) is 32.1 Å². The first-order valence-corrected chi connectivity index (χ1v) is 8.93. The molecule has 0 aromatic heterocycles. The zero-order chi connectivity index (χ0) is 13.2. The lowest BCUT2D eigenvalue weighted by Crippen LogP contribution is -2.22. The van der Waals surface area contributed by atoms with Gasteiger partial charge in [-0.1, -0.05) is 19.8 Å². The molecule has 4 heteroatoms. The second kappa shape index (κ2) is 9.93. The number of hydrogen-bond donors (Lipinski definition) is 1. The Hall–Kier alpha value is 0.0700. The van der Waals surface area contributed by atoms with Crippen LogP contribution in [0.2, 0.25) is 0 Å². The SMILES string of the molecule is CC(CCNCCCCC1CCOCC1)S(C)=O. The van der Waals surface area contributed by atoms with Crippen molar-refractivity contribution in [2.24, 2.45) is 5.92 Å². The number of nitrogens with one attached hydrogen (secondary N) is 1. The molecular formula is C14H29NO2S. The van der Waals surface area contributed by atoms with Gasteiger partial charge in [0.25, 0.3) is 0 Å². The number of hydrogen-bond acceptors (Lipinski definition) is 3. The van der Waals surface area contributed by atoms with Crippen molar-refractivity contribution in [3.8, 4) is 0 Å². The van der Waals surface area contributed by atoms with Crippen LogP contribution < -0.4 is 5.32 Å². The maximum atomic E-state index is 11.2. The summed E-state index contributed by atoms with van der Waals surface area (Å²) in [5, 5.41) is 3.77. The van der Waals surface area contributed by atoms with Crippen molar-refractivity contribution in [1.29, 1.82) is 0 Å². The van der Waals surface area contributed by atoms with Crippen LogP contribution in [0, 0.1) is 5.92 Å². The molecule has 1 fully saturated rings. The molecule has 1 rings (SSSR count). The first kappa shape index (κ1) is 16.1. The van der Waals surface area contributed by atoms with E-state index in [1.54, 1.807) is 6.26 Å². The Bertz CT molecular complexity index is 230. The molecular weight excluding hydrogens is 246 g/mol. The molecule has 1 heterocycles. The number of rotatable bonds is 9. The lowest BCUT2D eigenvalue weighted by Gasteiger charge is -2.21. The maximum Gasteiger partial charge on any atom is 0.0468 e. The fraction of sp³-hybridized carbons (Fsp3) is 1.00. The van der Waals surface area contributed by atoms with Gasteiger partial charge in [-0.15, -0.1) is 0 Å². The minimum Gasteiger partial charge on any atom is -0.381 e. The molecule has 0 aromatic rings. The minimum atomic E-state index is -0.674. The van der Waals surface area contributed by atoms with Crippen LogP contribution in [0.4, 0.5) is 0 Å². The fourth-order valence-corrected chi connectivity index (χ4v) is 2.76. The smallest absolute Gasteiger partial charge is 0.0468 e. The third-order valence-electron chi connectivity index (χ3n) is 3.85. The van der Waals surface area contributed by atoms with E-state index in [0.717, 1.165) is 38.6 Å². The Morgan fingerprint density at radius 3 is 2.67 bits per heavy atom. The fourth-order valence-electron chi connectivity index (χ4n) is 2.31. The minimum absolute atomic E-state index is 0.319. The van der Waals surface area contributed by atoms with Crippen LogP contribution in [0.25, 0.3) is 0 Å². The highest BCUT2D eigenvalue weighted by Gasteiger charge is 2.12. The first-order valence-electron chi connectivity index (χ1n) is 7.31. The van der Waals surface area contributed by atoms with Crippen molar-refractivity contribution in [3.05, 3.63) is 0 Å². The summed E-state index contributed by atoms with van der Waals surface area (Å²) in [5.41, 5.74) is 0. The quantitative estimate of drug-likeness (QED) is 0.656. The highest BCUT2D eigenvalue weighted by molar-refractivity contribution is 7.84. The largest absolute Gasteiger partial charge is 0.381 e. The summed E-state index contributed by atoms with van der Waals surface area (Å²) in [6.45, 7) is 6.09. The summed E-state index contributed by atoms with van der Waals surface area (Å²) < 4.78 is 16.5. The zero-order valence-electron chi connectivity index (χ0n) is 12.0. The van der Waals surface area contributed by atoms with Crippen molar-refractivity contribution in [1.82, 2.24) is 5.32 Å². The summed E-state index contributed by atoms with van der Waals surface area (Å²) in [6, 6.07) is 0. The van der Waals surface area contributed by atoms with Crippen molar-refractivity contribution >= 4 is 10.8 Å². The molecule has 18 heavy (non-hydrogen) atoms. The van der Waals surface area contributed by atoms with E-state index in [-0.39, 0.29) is 0 Å². The van der Waals surface area contributed by atoms with E-state index in [4.69, 9.17) is 4.74 Å². The van der Waals surface area contributed by atoms with Gasteiger partial charge >= 0.3 is 0 Å². The third-order valence-corrected chi connectivity index (χ3v) is 5.22. The summed E-state index contributed by atoms with van der Waals surface area (Å²) in [4.78, 5) is 0. The van der Waals surface area contributed by atoms with Crippen molar-refractivity contribution in [2.45, 2.75) is 50.7 Å².